The highest BCUT2D eigenvalue weighted by Gasteiger charge is 2.10. The molecule has 0 unspecified atom stereocenters. The second-order valence-electron chi connectivity index (χ2n) is 3.92. The quantitative estimate of drug-likeness (QED) is 0.608. The van der Waals surface area contributed by atoms with Crippen LogP contribution in [-0.4, -0.2) is 4.98 Å². The molecule has 0 saturated carbocycles. The number of nitriles is 1. The van der Waals surface area contributed by atoms with Gasteiger partial charge in [-0.15, -0.1) is 0 Å². The molecule has 86 valence electrons. The summed E-state index contributed by atoms with van der Waals surface area (Å²) in [4.78, 5) is 16.3. The van der Waals surface area contributed by atoms with Crippen molar-refractivity contribution in [1.29, 1.82) is 5.26 Å². The summed E-state index contributed by atoms with van der Waals surface area (Å²) >= 11 is 0. The molecule has 4 heteroatoms. The summed E-state index contributed by atoms with van der Waals surface area (Å²) in [6.07, 6.45) is 1.78. The Morgan fingerprint density at radius 1 is 1.22 bits per heavy atom. The predicted octanol–water partition coefficient (Wildman–Crippen LogP) is 2.41. The fourth-order valence-corrected chi connectivity index (χ4v) is 2.00. The third-order valence-electron chi connectivity index (χ3n) is 2.83. The highest BCUT2D eigenvalue weighted by Crippen LogP contribution is 2.20. The lowest BCUT2D eigenvalue weighted by atomic mass is 10.1. The summed E-state index contributed by atoms with van der Waals surface area (Å²) in [5.74, 6) is 0. The Morgan fingerprint density at radius 2 is 2.06 bits per heavy atom. The largest absolute Gasteiger partial charge is 0.437 e. The lowest BCUT2D eigenvalue weighted by molar-refractivity contribution is 0.641. The number of rotatable bonds is 1. The topological polar surface area (TPSA) is 66.9 Å². The van der Waals surface area contributed by atoms with E-state index < -0.39 is 0 Å². The van der Waals surface area contributed by atoms with E-state index in [-0.39, 0.29) is 11.8 Å². The number of para-hydroxylation sites is 1. The molecule has 3 rings (SSSR count). The summed E-state index contributed by atoms with van der Waals surface area (Å²) < 4.78 is 5.65. The van der Waals surface area contributed by atoms with Gasteiger partial charge in [-0.2, -0.15) is 5.26 Å². The molecule has 3 aromatic rings. The molecule has 0 bridgehead atoms. The van der Waals surface area contributed by atoms with Crippen LogP contribution in [0.4, 0.5) is 0 Å². The van der Waals surface area contributed by atoms with Crippen molar-refractivity contribution in [2.24, 2.45) is 0 Å². The fourth-order valence-electron chi connectivity index (χ4n) is 2.00. The van der Waals surface area contributed by atoms with E-state index in [2.05, 4.69) is 11.1 Å². The molecule has 0 atom stereocenters. The Balaban J connectivity index is 2.52. The molecular formula is C14H8N2O2. The standard InChI is InChI=1S/C14H8N2O2/c15-7-6-9-3-1-4-10-12(17)11-5-2-8-16-14(11)18-13(9)10/h1-5,8H,6H2. The summed E-state index contributed by atoms with van der Waals surface area (Å²) in [5.41, 5.74) is 1.36. The SMILES string of the molecule is N#CCc1cccc2c(=O)c3cccnc3oc12. The van der Waals surface area contributed by atoms with Crippen molar-refractivity contribution in [3.8, 4) is 6.07 Å². The highest BCUT2D eigenvalue weighted by atomic mass is 16.3. The van der Waals surface area contributed by atoms with Crippen LogP contribution in [0.5, 0.6) is 0 Å². The van der Waals surface area contributed by atoms with Crippen LogP contribution in [0.1, 0.15) is 5.56 Å². The van der Waals surface area contributed by atoms with Crippen molar-refractivity contribution in [2.75, 3.05) is 0 Å². The summed E-state index contributed by atoms with van der Waals surface area (Å²) in [7, 11) is 0. The van der Waals surface area contributed by atoms with Crippen LogP contribution < -0.4 is 5.43 Å². The van der Waals surface area contributed by atoms with Crippen molar-refractivity contribution < 1.29 is 4.42 Å². The average molecular weight is 236 g/mol. The van der Waals surface area contributed by atoms with Gasteiger partial charge in [0.15, 0.2) is 0 Å². The molecule has 18 heavy (non-hydrogen) atoms. The van der Waals surface area contributed by atoms with Gasteiger partial charge in [0.05, 0.1) is 23.3 Å². The molecule has 2 aromatic heterocycles. The summed E-state index contributed by atoms with van der Waals surface area (Å²) in [5, 5.41) is 9.72. The first-order valence-corrected chi connectivity index (χ1v) is 5.47. The minimum absolute atomic E-state index is 0.112. The van der Waals surface area contributed by atoms with Crippen molar-refractivity contribution in [2.45, 2.75) is 6.42 Å². The van der Waals surface area contributed by atoms with E-state index >= 15 is 0 Å². The first-order chi connectivity index (χ1) is 8.81. The first-order valence-electron chi connectivity index (χ1n) is 5.47. The number of hydrogen-bond donors (Lipinski definition) is 0. The van der Waals surface area contributed by atoms with Crippen molar-refractivity contribution in [3.05, 3.63) is 52.3 Å². The molecule has 0 fully saturated rings. The predicted molar refractivity (Wildman–Crippen MR) is 67.1 cm³/mol. The third kappa shape index (κ3) is 1.45. The smallest absolute Gasteiger partial charge is 0.230 e. The van der Waals surface area contributed by atoms with Crippen LogP contribution in [-0.2, 0) is 6.42 Å². The Kier molecular flexibility index (Phi) is 2.31. The maximum absolute atomic E-state index is 12.3. The van der Waals surface area contributed by atoms with Gasteiger partial charge in [-0.3, -0.25) is 4.79 Å². The second kappa shape index (κ2) is 3.97. The van der Waals surface area contributed by atoms with E-state index in [0.717, 1.165) is 0 Å². The Labute approximate surface area is 102 Å². The Morgan fingerprint density at radius 3 is 2.89 bits per heavy atom. The van der Waals surface area contributed by atoms with E-state index in [1.54, 1.807) is 36.5 Å². The van der Waals surface area contributed by atoms with Crippen LogP contribution in [0.25, 0.3) is 22.1 Å². The molecule has 0 radical (unpaired) electrons. The fraction of sp³-hybridized carbons (Fsp3) is 0.0714. The molecule has 4 nitrogen and oxygen atoms in total. The van der Waals surface area contributed by atoms with Gasteiger partial charge in [0.1, 0.15) is 5.58 Å². The number of fused-ring (bicyclic) bond motifs is 2. The van der Waals surface area contributed by atoms with E-state index in [1.165, 1.54) is 0 Å². The molecule has 0 aliphatic heterocycles. The zero-order valence-electron chi connectivity index (χ0n) is 9.38. The number of pyridine rings is 1. The molecule has 0 N–H and O–H groups in total. The molecule has 0 aliphatic carbocycles. The Hall–Kier alpha value is -2.67. The molecular weight excluding hydrogens is 228 g/mol. The Bertz CT molecular complexity index is 844. The molecule has 0 amide bonds. The number of hydrogen-bond acceptors (Lipinski definition) is 4. The van der Waals surface area contributed by atoms with Crippen LogP contribution in [0.2, 0.25) is 0 Å². The minimum Gasteiger partial charge on any atom is -0.437 e. The van der Waals surface area contributed by atoms with Gasteiger partial charge in [0.2, 0.25) is 11.1 Å². The zero-order valence-corrected chi connectivity index (χ0v) is 9.38. The highest BCUT2D eigenvalue weighted by molar-refractivity contribution is 5.89. The normalized spacial score (nSPS) is 10.6. The molecule has 0 spiro atoms. The number of aromatic nitrogens is 1. The summed E-state index contributed by atoms with van der Waals surface area (Å²) in [6.45, 7) is 0. The third-order valence-corrected chi connectivity index (χ3v) is 2.83. The van der Waals surface area contributed by atoms with E-state index in [4.69, 9.17) is 9.68 Å². The van der Waals surface area contributed by atoms with Crippen LogP contribution in [0.3, 0.4) is 0 Å². The van der Waals surface area contributed by atoms with Crippen LogP contribution in [0.15, 0.2) is 45.7 Å². The molecule has 0 aliphatic rings. The van der Waals surface area contributed by atoms with Gasteiger partial charge in [-0.05, 0) is 18.2 Å². The van der Waals surface area contributed by atoms with E-state index in [9.17, 15) is 4.79 Å². The maximum atomic E-state index is 12.3. The van der Waals surface area contributed by atoms with Crippen LogP contribution >= 0.6 is 0 Å². The number of nitrogens with zero attached hydrogens (tertiary/aromatic N) is 2. The van der Waals surface area contributed by atoms with Gasteiger partial charge >= 0.3 is 0 Å². The van der Waals surface area contributed by atoms with Crippen molar-refractivity contribution >= 4 is 22.1 Å². The molecule has 1 aromatic carbocycles. The lowest BCUT2D eigenvalue weighted by Crippen LogP contribution is -2.03. The second-order valence-corrected chi connectivity index (χ2v) is 3.92. The molecule has 2 heterocycles. The maximum Gasteiger partial charge on any atom is 0.230 e. The van der Waals surface area contributed by atoms with Gasteiger partial charge in [-0.25, -0.2) is 4.98 Å². The van der Waals surface area contributed by atoms with Crippen molar-refractivity contribution in [3.63, 3.8) is 0 Å². The minimum atomic E-state index is -0.112. The van der Waals surface area contributed by atoms with E-state index in [1.807, 2.05) is 0 Å². The lowest BCUT2D eigenvalue weighted by Gasteiger charge is -2.03. The van der Waals surface area contributed by atoms with Gasteiger partial charge in [0, 0.05) is 11.8 Å². The molecule has 0 saturated heterocycles. The monoisotopic (exact) mass is 236 g/mol. The average Bonchev–Trinajstić information content (AvgIpc) is 2.40. The first kappa shape index (κ1) is 10.5. The van der Waals surface area contributed by atoms with Crippen molar-refractivity contribution in [1.82, 2.24) is 4.98 Å². The number of benzene rings is 1. The van der Waals surface area contributed by atoms with Crippen LogP contribution in [0, 0.1) is 11.3 Å². The van der Waals surface area contributed by atoms with Gasteiger partial charge in [0.25, 0.3) is 0 Å². The zero-order chi connectivity index (χ0) is 12.5. The summed E-state index contributed by atoms with van der Waals surface area (Å²) in [6, 6.07) is 10.7. The van der Waals surface area contributed by atoms with E-state index in [0.29, 0.717) is 27.6 Å². The van der Waals surface area contributed by atoms with Gasteiger partial charge in [-0.1, -0.05) is 12.1 Å². The van der Waals surface area contributed by atoms with Gasteiger partial charge < -0.3 is 4.42 Å².